The van der Waals surface area contributed by atoms with Gasteiger partial charge in [-0.3, -0.25) is 4.98 Å². The largest absolute Gasteiger partial charge is 0.383 e. The van der Waals surface area contributed by atoms with Crippen LogP contribution in [0.15, 0.2) is 24.5 Å². The molecule has 0 atom stereocenters. The van der Waals surface area contributed by atoms with E-state index in [4.69, 9.17) is 17.0 Å². The van der Waals surface area contributed by atoms with Crippen molar-refractivity contribution in [2.75, 3.05) is 20.3 Å². The molecule has 2 rings (SSSR count). The van der Waals surface area contributed by atoms with Crippen LogP contribution in [0.25, 0.3) is 0 Å². The highest BCUT2D eigenvalue weighted by molar-refractivity contribution is 7.80. The molecule has 0 bridgehead atoms. The summed E-state index contributed by atoms with van der Waals surface area (Å²) in [5.41, 5.74) is 1.25. The van der Waals surface area contributed by atoms with Crippen LogP contribution in [0.5, 0.6) is 0 Å². The Morgan fingerprint density at radius 1 is 1.40 bits per heavy atom. The van der Waals surface area contributed by atoms with Crippen molar-refractivity contribution in [3.8, 4) is 0 Å². The van der Waals surface area contributed by atoms with Gasteiger partial charge in [-0.15, -0.1) is 0 Å². The number of methoxy groups -OCH3 is 1. The Hall–Kier alpha value is -1.20. The molecule has 0 spiro atoms. The van der Waals surface area contributed by atoms with E-state index in [1.54, 1.807) is 7.11 Å². The molecule has 1 aromatic heterocycles. The fourth-order valence-corrected chi connectivity index (χ4v) is 2.94. The first-order valence-electron chi connectivity index (χ1n) is 7.23. The van der Waals surface area contributed by atoms with Crippen LogP contribution in [0.3, 0.4) is 0 Å². The number of nitrogens with zero attached hydrogens (tertiary/aromatic N) is 2. The lowest BCUT2D eigenvalue weighted by molar-refractivity contribution is 0.201. The zero-order valence-corrected chi connectivity index (χ0v) is 12.9. The van der Waals surface area contributed by atoms with E-state index < -0.39 is 0 Å². The fraction of sp³-hybridized carbons (Fsp3) is 0.600. The van der Waals surface area contributed by atoms with Gasteiger partial charge in [-0.05, 0) is 42.8 Å². The number of nitrogens with one attached hydrogen (secondary N) is 1. The normalized spacial score (nSPS) is 15.2. The molecule has 4 nitrogen and oxygen atoms in total. The number of pyridine rings is 1. The van der Waals surface area contributed by atoms with Crippen LogP contribution in [0.4, 0.5) is 0 Å². The van der Waals surface area contributed by atoms with E-state index in [-0.39, 0.29) is 0 Å². The minimum Gasteiger partial charge on any atom is -0.383 e. The molecule has 0 saturated heterocycles. The summed E-state index contributed by atoms with van der Waals surface area (Å²) in [5.74, 6) is 0. The van der Waals surface area contributed by atoms with Crippen molar-refractivity contribution in [1.29, 1.82) is 0 Å². The van der Waals surface area contributed by atoms with Crippen LogP contribution in [0, 0.1) is 0 Å². The number of thiocarbonyl (C=S) groups is 1. The zero-order chi connectivity index (χ0) is 14.2. The van der Waals surface area contributed by atoms with Gasteiger partial charge in [0.1, 0.15) is 0 Å². The summed E-state index contributed by atoms with van der Waals surface area (Å²) in [5, 5.41) is 4.14. The molecule has 1 aromatic rings. The molecule has 0 aromatic carbocycles. The molecule has 20 heavy (non-hydrogen) atoms. The average molecular weight is 293 g/mol. The van der Waals surface area contributed by atoms with E-state index in [9.17, 15) is 0 Å². The van der Waals surface area contributed by atoms with Crippen molar-refractivity contribution in [3.05, 3.63) is 30.1 Å². The van der Waals surface area contributed by atoms with E-state index in [0.29, 0.717) is 12.6 Å². The van der Waals surface area contributed by atoms with Gasteiger partial charge < -0.3 is 15.0 Å². The van der Waals surface area contributed by atoms with Gasteiger partial charge in [-0.1, -0.05) is 12.8 Å². The van der Waals surface area contributed by atoms with Gasteiger partial charge in [-0.25, -0.2) is 0 Å². The summed E-state index contributed by atoms with van der Waals surface area (Å²) in [6, 6.07) is 4.67. The Bertz CT molecular complexity index is 407. The Morgan fingerprint density at radius 2 is 2.10 bits per heavy atom. The SMILES string of the molecule is COCCNC(=S)N(Cc1ccncc1)C1CCCC1. The predicted octanol–water partition coefficient (Wildman–Crippen LogP) is 2.35. The van der Waals surface area contributed by atoms with Crippen molar-refractivity contribution >= 4 is 17.3 Å². The highest BCUT2D eigenvalue weighted by Crippen LogP contribution is 2.25. The van der Waals surface area contributed by atoms with Crippen LogP contribution < -0.4 is 5.32 Å². The molecule has 5 heteroatoms. The summed E-state index contributed by atoms with van der Waals surface area (Å²) in [7, 11) is 1.70. The summed E-state index contributed by atoms with van der Waals surface area (Å²) < 4.78 is 5.07. The molecule has 1 aliphatic carbocycles. The molecule has 110 valence electrons. The third-order valence-electron chi connectivity index (χ3n) is 3.71. The maximum Gasteiger partial charge on any atom is 0.169 e. The third kappa shape index (κ3) is 4.42. The maximum absolute atomic E-state index is 5.57. The highest BCUT2D eigenvalue weighted by Gasteiger charge is 2.24. The highest BCUT2D eigenvalue weighted by atomic mass is 32.1. The summed E-state index contributed by atoms with van der Waals surface area (Å²) in [4.78, 5) is 6.40. The average Bonchev–Trinajstić information content (AvgIpc) is 3.00. The molecule has 0 unspecified atom stereocenters. The van der Waals surface area contributed by atoms with E-state index in [0.717, 1.165) is 18.2 Å². The van der Waals surface area contributed by atoms with Crippen LogP contribution >= 0.6 is 12.2 Å². The Balaban J connectivity index is 1.98. The fourth-order valence-electron chi connectivity index (χ4n) is 2.63. The molecule has 1 aliphatic rings. The number of hydrogen-bond donors (Lipinski definition) is 1. The molecule has 1 fully saturated rings. The maximum atomic E-state index is 5.57. The Kier molecular flexibility index (Phi) is 6.21. The number of hydrogen-bond acceptors (Lipinski definition) is 3. The first-order valence-corrected chi connectivity index (χ1v) is 7.64. The second-order valence-corrected chi connectivity index (χ2v) is 5.53. The van der Waals surface area contributed by atoms with Gasteiger partial charge in [-0.2, -0.15) is 0 Å². The summed E-state index contributed by atoms with van der Waals surface area (Å²) in [6.45, 7) is 2.29. The van der Waals surface area contributed by atoms with Crippen LogP contribution in [-0.2, 0) is 11.3 Å². The molecule has 1 saturated carbocycles. The lowest BCUT2D eigenvalue weighted by atomic mass is 10.2. The zero-order valence-electron chi connectivity index (χ0n) is 12.0. The van der Waals surface area contributed by atoms with Crippen molar-refractivity contribution in [1.82, 2.24) is 15.2 Å². The van der Waals surface area contributed by atoms with Crippen LogP contribution in [-0.4, -0.2) is 41.3 Å². The standard InChI is InChI=1S/C15H23N3OS/c1-19-11-10-17-15(20)18(14-4-2-3-5-14)12-13-6-8-16-9-7-13/h6-9,14H,2-5,10-12H2,1H3,(H,17,20). The van der Waals surface area contributed by atoms with Crippen molar-refractivity contribution < 1.29 is 4.74 Å². The van der Waals surface area contributed by atoms with Gasteiger partial charge in [0.2, 0.25) is 0 Å². The lowest BCUT2D eigenvalue weighted by Gasteiger charge is -2.31. The van der Waals surface area contributed by atoms with E-state index in [1.165, 1.54) is 31.2 Å². The van der Waals surface area contributed by atoms with Crippen LogP contribution in [0.1, 0.15) is 31.2 Å². The summed E-state index contributed by atoms with van der Waals surface area (Å²) >= 11 is 5.57. The van der Waals surface area contributed by atoms with E-state index >= 15 is 0 Å². The van der Waals surface area contributed by atoms with Gasteiger partial charge in [0.25, 0.3) is 0 Å². The van der Waals surface area contributed by atoms with E-state index in [1.807, 2.05) is 12.4 Å². The molecular formula is C15H23N3OS. The Labute approximate surface area is 126 Å². The van der Waals surface area contributed by atoms with Gasteiger partial charge >= 0.3 is 0 Å². The quantitative estimate of drug-likeness (QED) is 0.644. The number of ether oxygens (including phenoxy) is 1. The third-order valence-corrected chi connectivity index (χ3v) is 4.09. The molecular weight excluding hydrogens is 270 g/mol. The van der Waals surface area contributed by atoms with Gasteiger partial charge in [0.05, 0.1) is 6.61 Å². The van der Waals surface area contributed by atoms with Crippen molar-refractivity contribution in [2.24, 2.45) is 0 Å². The lowest BCUT2D eigenvalue weighted by Crippen LogP contribution is -2.45. The molecule has 0 amide bonds. The molecule has 0 aliphatic heterocycles. The van der Waals surface area contributed by atoms with Gasteiger partial charge in [0.15, 0.2) is 5.11 Å². The minimum absolute atomic E-state index is 0.561. The van der Waals surface area contributed by atoms with Crippen molar-refractivity contribution in [2.45, 2.75) is 38.3 Å². The first kappa shape index (κ1) is 15.2. The number of aromatic nitrogens is 1. The monoisotopic (exact) mass is 293 g/mol. The topological polar surface area (TPSA) is 37.4 Å². The van der Waals surface area contributed by atoms with Crippen molar-refractivity contribution in [3.63, 3.8) is 0 Å². The Morgan fingerprint density at radius 3 is 2.75 bits per heavy atom. The van der Waals surface area contributed by atoms with E-state index in [2.05, 4.69) is 27.3 Å². The van der Waals surface area contributed by atoms with Gasteiger partial charge in [0, 0.05) is 38.6 Å². The minimum atomic E-state index is 0.561. The summed E-state index contributed by atoms with van der Waals surface area (Å²) in [6.07, 6.45) is 8.75. The second-order valence-electron chi connectivity index (χ2n) is 5.15. The second kappa shape index (κ2) is 8.17. The number of rotatable bonds is 6. The molecule has 1 N–H and O–H groups in total. The molecule has 1 heterocycles. The predicted molar refractivity (Wildman–Crippen MR) is 84.5 cm³/mol. The molecule has 0 radical (unpaired) electrons. The van der Waals surface area contributed by atoms with Crippen LogP contribution in [0.2, 0.25) is 0 Å². The smallest absolute Gasteiger partial charge is 0.169 e. The first-order chi connectivity index (χ1) is 9.81.